The van der Waals surface area contributed by atoms with Crippen molar-refractivity contribution in [1.29, 1.82) is 0 Å². The zero-order valence-corrected chi connectivity index (χ0v) is 8.13. The summed E-state index contributed by atoms with van der Waals surface area (Å²) in [5.74, 6) is 1.88. The van der Waals surface area contributed by atoms with Gasteiger partial charge < -0.3 is 5.32 Å². The van der Waals surface area contributed by atoms with Crippen LogP contribution in [0.1, 0.15) is 24.3 Å². The van der Waals surface area contributed by atoms with Crippen molar-refractivity contribution >= 4 is 21.7 Å². The lowest BCUT2D eigenvalue weighted by Gasteiger charge is -2.42. The first kappa shape index (κ1) is 6.89. The van der Waals surface area contributed by atoms with Crippen LogP contribution in [0, 0.1) is 0 Å². The summed E-state index contributed by atoms with van der Waals surface area (Å²) in [6.07, 6.45) is 2.60. The molecule has 3 heteroatoms. The standard InChI is InChI=1S/C9H9BrN2/c10-8-2-1-7-5-3-6(4-5)11-9(7)12-8/h1-2,5-6H,3-4H2,(H,11,12). The molecule has 1 aliphatic carbocycles. The molecule has 0 radical (unpaired) electrons. The topological polar surface area (TPSA) is 24.9 Å². The maximum Gasteiger partial charge on any atom is 0.130 e. The molecular formula is C9H9BrN2. The first-order valence-electron chi connectivity index (χ1n) is 4.26. The van der Waals surface area contributed by atoms with Crippen LogP contribution in [0.2, 0.25) is 0 Å². The van der Waals surface area contributed by atoms with E-state index in [-0.39, 0.29) is 0 Å². The number of anilines is 1. The number of rotatable bonds is 0. The molecule has 3 heterocycles. The van der Waals surface area contributed by atoms with Gasteiger partial charge in [-0.2, -0.15) is 0 Å². The predicted molar refractivity (Wildman–Crippen MR) is 51.3 cm³/mol. The molecule has 1 aromatic rings. The second kappa shape index (κ2) is 2.22. The third kappa shape index (κ3) is 0.829. The number of nitrogens with one attached hydrogen (secondary N) is 1. The van der Waals surface area contributed by atoms with E-state index < -0.39 is 0 Å². The van der Waals surface area contributed by atoms with Gasteiger partial charge in [0.1, 0.15) is 10.4 Å². The Kier molecular flexibility index (Phi) is 1.28. The monoisotopic (exact) mass is 224 g/mol. The molecule has 0 spiro atoms. The lowest BCUT2D eigenvalue weighted by molar-refractivity contribution is 0.354. The van der Waals surface area contributed by atoms with Gasteiger partial charge in [-0.1, -0.05) is 6.07 Å². The van der Waals surface area contributed by atoms with Crippen molar-refractivity contribution < 1.29 is 0 Å². The molecule has 1 fully saturated rings. The van der Waals surface area contributed by atoms with Crippen LogP contribution in [-0.2, 0) is 0 Å². The van der Waals surface area contributed by atoms with Crippen LogP contribution in [0.5, 0.6) is 0 Å². The van der Waals surface area contributed by atoms with Crippen LogP contribution >= 0.6 is 15.9 Å². The number of hydrogen-bond acceptors (Lipinski definition) is 2. The van der Waals surface area contributed by atoms with Gasteiger partial charge >= 0.3 is 0 Å². The Labute approximate surface area is 79.5 Å². The molecule has 62 valence electrons. The van der Waals surface area contributed by atoms with Crippen LogP contribution in [0.3, 0.4) is 0 Å². The fourth-order valence-corrected chi connectivity index (χ4v) is 2.38. The summed E-state index contributed by atoms with van der Waals surface area (Å²) in [6.45, 7) is 0. The van der Waals surface area contributed by atoms with E-state index in [0.29, 0.717) is 6.04 Å². The maximum absolute atomic E-state index is 4.40. The summed E-state index contributed by atoms with van der Waals surface area (Å²) in [5.41, 5.74) is 1.40. The van der Waals surface area contributed by atoms with E-state index in [4.69, 9.17) is 0 Å². The smallest absolute Gasteiger partial charge is 0.130 e. The van der Waals surface area contributed by atoms with Crippen molar-refractivity contribution in [2.75, 3.05) is 5.32 Å². The molecular weight excluding hydrogens is 216 g/mol. The number of aromatic nitrogens is 1. The first-order valence-corrected chi connectivity index (χ1v) is 5.05. The Hall–Kier alpha value is -0.570. The van der Waals surface area contributed by atoms with Gasteiger partial charge in [0.05, 0.1) is 0 Å². The van der Waals surface area contributed by atoms with Crippen molar-refractivity contribution in [1.82, 2.24) is 4.98 Å². The Balaban J connectivity index is 2.14. The van der Waals surface area contributed by atoms with Crippen molar-refractivity contribution in [2.24, 2.45) is 0 Å². The quantitative estimate of drug-likeness (QED) is 0.686. The highest BCUT2D eigenvalue weighted by Gasteiger charge is 2.37. The largest absolute Gasteiger partial charge is 0.367 e. The van der Waals surface area contributed by atoms with Gasteiger partial charge in [-0.3, -0.25) is 0 Å². The fraction of sp³-hybridized carbons (Fsp3) is 0.444. The maximum atomic E-state index is 4.40. The lowest BCUT2D eigenvalue weighted by Crippen LogP contribution is -2.39. The van der Waals surface area contributed by atoms with E-state index in [9.17, 15) is 0 Å². The first-order chi connectivity index (χ1) is 5.83. The predicted octanol–water partition coefficient (Wildman–Crippen LogP) is 2.52. The molecule has 1 N–H and O–H groups in total. The minimum Gasteiger partial charge on any atom is -0.367 e. The van der Waals surface area contributed by atoms with Crippen molar-refractivity contribution in [3.63, 3.8) is 0 Å². The summed E-state index contributed by atoms with van der Waals surface area (Å²) in [6, 6.07) is 4.91. The minimum absolute atomic E-state index is 0.698. The average Bonchev–Trinajstić information content (AvgIpc) is 2.01. The van der Waals surface area contributed by atoms with E-state index in [2.05, 4.69) is 32.3 Å². The zero-order chi connectivity index (χ0) is 8.13. The zero-order valence-electron chi connectivity index (χ0n) is 6.55. The molecule has 2 bridgehead atoms. The Bertz CT molecular complexity index is 331. The molecule has 3 aliphatic rings. The fourth-order valence-electron chi connectivity index (χ4n) is 2.07. The molecule has 0 aromatic carbocycles. The van der Waals surface area contributed by atoms with Crippen LogP contribution in [-0.4, -0.2) is 11.0 Å². The van der Waals surface area contributed by atoms with Gasteiger partial charge in [0.2, 0.25) is 0 Å². The molecule has 1 saturated carbocycles. The number of nitrogens with zero attached hydrogens (tertiary/aromatic N) is 1. The third-order valence-electron chi connectivity index (χ3n) is 2.81. The van der Waals surface area contributed by atoms with Crippen LogP contribution in [0.15, 0.2) is 16.7 Å². The minimum atomic E-state index is 0.698. The Morgan fingerprint density at radius 2 is 2.25 bits per heavy atom. The van der Waals surface area contributed by atoms with E-state index in [0.717, 1.165) is 16.3 Å². The molecule has 4 rings (SSSR count). The highest BCUT2D eigenvalue weighted by molar-refractivity contribution is 9.10. The summed E-state index contributed by atoms with van der Waals surface area (Å²) < 4.78 is 0.926. The van der Waals surface area contributed by atoms with E-state index >= 15 is 0 Å². The van der Waals surface area contributed by atoms with Gasteiger partial charge in [0.25, 0.3) is 0 Å². The average molecular weight is 225 g/mol. The normalized spacial score (nSPS) is 30.1. The summed E-state index contributed by atoms with van der Waals surface area (Å²) in [4.78, 5) is 4.40. The summed E-state index contributed by atoms with van der Waals surface area (Å²) in [5, 5.41) is 3.43. The highest BCUT2D eigenvalue weighted by Crippen LogP contribution is 2.46. The van der Waals surface area contributed by atoms with E-state index in [1.807, 2.05) is 6.07 Å². The molecule has 0 amide bonds. The van der Waals surface area contributed by atoms with Crippen molar-refractivity contribution in [2.45, 2.75) is 24.8 Å². The second-order valence-corrected chi connectivity index (χ2v) is 4.39. The molecule has 2 aliphatic heterocycles. The van der Waals surface area contributed by atoms with E-state index in [1.165, 1.54) is 18.4 Å². The molecule has 0 unspecified atom stereocenters. The van der Waals surface area contributed by atoms with Gasteiger partial charge in [-0.25, -0.2) is 4.98 Å². The van der Waals surface area contributed by atoms with E-state index in [1.54, 1.807) is 0 Å². The lowest BCUT2D eigenvalue weighted by atomic mass is 9.73. The molecule has 0 atom stereocenters. The Morgan fingerprint density at radius 3 is 3.08 bits per heavy atom. The number of hydrogen-bond donors (Lipinski definition) is 1. The van der Waals surface area contributed by atoms with Gasteiger partial charge in [0.15, 0.2) is 0 Å². The van der Waals surface area contributed by atoms with Gasteiger partial charge in [0, 0.05) is 6.04 Å². The van der Waals surface area contributed by atoms with Crippen LogP contribution in [0.25, 0.3) is 0 Å². The summed E-state index contributed by atoms with van der Waals surface area (Å²) >= 11 is 3.37. The molecule has 12 heavy (non-hydrogen) atoms. The molecule has 1 aromatic heterocycles. The highest BCUT2D eigenvalue weighted by atomic mass is 79.9. The second-order valence-electron chi connectivity index (χ2n) is 3.58. The van der Waals surface area contributed by atoms with Crippen LogP contribution < -0.4 is 5.32 Å². The van der Waals surface area contributed by atoms with Crippen LogP contribution in [0.4, 0.5) is 5.82 Å². The van der Waals surface area contributed by atoms with Crippen molar-refractivity contribution in [3.05, 3.63) is 22.3 Å². The third-order valence-corrected chi connectivity index (χ3v) is 3.25. The van der Waals surface area contributed by atoms with Gasteiger partial charge in [-0.05, 0) is 46.3 Å². The van der Waals surface area contributed by atoms with Gasteiger partial charge in [-0.15, -0.1) is 0 Å². The molecule has 2 nitrogen and oxygen atoms in total. The SMILES string of the molecule is Brc1ccc2c(n1)NC1CC2C1. The Morgan fingerprint density at radius 1 is 1.42 bits per heavy atom. The molecule has 0 saturated heterocycles. The summed E-state index contributed by atoms with van der Waals surface area (Å²) in [7, 11) is 0. The number of halogens is 1. The van der Waals surface area contributed by atoms with Crippen molar-refractivity contribution in [3.8, 4) is 0 Å². The number of pyridine rings is 1.